The normalized spacial score (nSPS) is 13.9. The van der Waals surface area contributed by atoms with Gasteiger partial charge in [-0.25, -0.2) is 13.1 Å². The zero-order valence-electron chi connectivity index (χ0n) is 15.5. The summed E-state index contributed by atoms with van der Waals surface area (Å²) >= 11 is 1.50. The maximum atomic E-state index is 12.8. The van der Waals surface area contributed by atoms with Crippen LogP contribution in [0, 0.1) is 0 Å². The summed E-state index contributed by atoms with van der Waals surface area (Å²) in [6.45, 7) is 0. The minimum atomic E-state index is -3.58. The van der Waals surface area contributed by atoms with Gasteiger partial charge in [0.15, 0.2) is 0 Å². The van der Waals surface area contributed by atoms with Crippen molar-refractivity contribution in [2.75, 3.05) is 5.32 Å². The number of anilines is 1. The number of sulfonamides is 1. The molecular weight excluding hydrogens is 408 g/mol. The lowest BCUT2D eigenvalue weighted by atomic mass is 10.2. The monoisotopic (exact) mass is 428 g/mol. The topological polar surface area (TPSA) is 88.4 Å². The van der Waals surface area contributed by atoms with Gasteiger partial charge in [-0.3, -0.25) is 4.79 Å². The highest BCUT2D eigenvalue weighted by molar-refractivity contribution is 7.98. The molecule has 0 spiro atoms. The molecule has 0 atom stereocenters. The molecule has 0 bridgehead atoms. The van der Waals surface area contributed by atoms with Crippen LogP contribution in [-0.2, 0) is 15.8 Å². The lowest BCUT2D eigenvalue weighted by molar-refractivity contribution is 0.102. The lowest BCUT2D eigenvalue weighted by Crippen LogP contribution is -2.25. The summed E-state index contributed by atoms with van der Waals surface area (Å²) in [5, 5.41) is 2.81. The zero-order valence-corrected chi connectivity index (χ0v) is 17.1. The van der Waals surface area contributed by atoms with Crippen LogP contribution in [0.5, 0.6) is 0 Å². The number of thioether (sulfide) groups is 1. The van der Waals surface area contributed by atoms with Crippen molar-refractivity contribution in [1.82, 2.24) is 4.72 Å². The number of nitrogens with one attached hydrogen (secondary N) is 2. The Labute approximate surface area is 173 Å². The molecule has 3 aromatic rings. The van der Waals surface area contributed by atoms with Crippen molar-refractivity contribution < 1.29 is 17.6 Å². The van der Waals surface area contributed by atoms with Gasteiger partial charge >= 0.3 is 0 Å². The Hall–Kier alpha value is -2.55. The molecule has 8 heteroatoms. The molecule has 4 rings (SSSR count). The first-order chi connectivity index (χ1) is 14.0. The average molecular weight is 429 g/mol. The summed E-state index contributed by atoms with van der Waals surface area (Å²) in [6.07, 6.45) is 3.35. The summed E-state index contributed by atoms with van der Waals surface area (Å²) in [4.78, 5) is 13.8. The van der Waals surface area contributed by atoms with Crippen LogP contribution >= 0.6 is 11.8 Å². The largest absolute Gasteiger partial charge is 0.468 e. The van der Waals surface area contributed by atoms with E-state index < -0.39 is 10.0 Å². The van der Waals surface area contributed by atoms with Crippen LogP contribution in [0.15, 0.2) is 81.1 Å². The molecule has 2 aromatic carbocycles. The van der Waals surface area contributed by atoms with E-state index >= 15 is 0 Å². The van der Waals surface area contributed by atoms with E-state index in [1.54, 1.807) is 30.5 Å². The quantitative estimate of drug-likeness (QED) is 0.523. The Morgan fingerprint density at radius 2 is 1.90 bits per heavy atom. The first-order valence-corrected chi connectivity index (χ1v) is 11.7. The molecule has 1 amide bonds. The van der Waals surface area contributed by atoms with E-state index in [1.165, 1.54) is 23.9 Å². The van der Waals surface area contributed by atoms with Gasteiger partial charge in [-0.1, -0.05) is 18.2 Å². The number of carbonyl (C=O) groups excluding carboxylic acids is 1. The zero-order chi connectivity index (χ0) is 20.3. The van der Waals surface area contributed by atoms with Crippen LogP contribution in [-0.4, -0.2) is 20.4 Å². The van der Waals surface area contributed by atoms with Crippen molar-refractivity contribution in [3.63, 3.8) is 0 Å². The minimum absolute atomic E-state index is 0.0244. The fourth-order valence-electron chi connectivity index (χ4n) is 2.75. The molecule has 1 fully saturated rings. The highest BCUT2D eigenvalue weighted by Crippen LogP contribution is 2.28. The van der Waals surface area contributed by atoms with E-state index in [0.717, 1.165) is 23.5 Å². The summed E-state index contributed by atoms with van der Waals surface area (Å²) in [7, 11) is -3.58. The Balaban J connectivity index is 1.49. The predicted molar refractivity (Wildman–Crippen MR) is 112 cm³/mol. The molecule has 6 nitrogen and oxygen atoms in total. The van der Waals surface area contributed by atoms with Gasteiger partial charge in [0.2, 0.25) is 10.0 Å². The molecule has 2 N–H and O–H groups in total. The third kappa shape index (κ3) is 5.09. The second-order valence-corrected chi connectivity index (χ2v) is 9.47. The first-order valence-electron chi connectivity index (χ1n) is 9.19. The average Bonchev–Trinajstić information content (AvgIpc) is 3.36. The van der Waals surface area contributed by atoms with Crippen LogP contribution in [0.1, 0.15) is 29.0 Å². The van der Waals surface area contributed by atoms with Crippen molar-refractivity contribution in [3.8, 4) is 0 Å². The molecule has 1 aromatic heterocycles. The van der Waals surface area contributed by atoms with Crippen LogP contribution in [0.2, 0.25) is 0 Å². The third-order valence-electron chi connectivity index (χ3n) is 4.38. The highest BCUT2D eigenvalue weighted by Gasteiger charge is 2.28. The molecule has 0 aliphatic heterocycles. The Bertz CT molecular complexity index is 1110. The molecule has 0 unspecified atom stereocenters. The Kier molecular flexibility index (Phi) is 5.75. The van der Waals surface area contributed by atoms with E-state index in [0.29, 0.717) is 17.0 Å². The number of amides is 1. The van der Waals surface area contributed by atoms with Crippen molar-refractivity contribution in [2.24, 2.45) is 0 Å². The maximum Gasteiger partial charge on any atom is 0.256 e. The van der Waals surface area contributed by atoms with Gasteiger partial charge in [0.1, 0.15) is 5.76 Å². The molecule has 1 aliphatic rings. The van der Waals surface area contributed by atoms with Crippen molar-refractivity contribution in [3.05, 3.63) is 78.3 Å². The minimum Gasteiger partial charge on any atom is -0.468 e. The number of hydrogen-bond acceptors (Lipinski definition) is 5. The van der Waals surface area contributed by atoms with E-state index in [2.05, 4.69) is 10.0 Å². The maximum absolute atomic E-state index is 12.8. The van der Waals surface area contributed by atoms with Crippen LogP contribution in [0.3, 0.4) is 0 Å². The second-order valence-electron chi connectivity index (χ2n) is 6.74. The highest BCUT2D eigenvalue weighted by atomic mass is 32.2. The first kappa shape index (κ1) is 19.8. The van der Waals surface area contributed by atoms with Gasteiger partial charge in [-0.15, -0.1) is 11.8 Å². The number of benzene rings is 2. The third-order valence-corrected chi connectivity index (χ3v) is 7.00. The molecule has 1 heterocycles. The molecule has 150 valence electrons. The van der Waals surface area contributed by atoms with Crippen LogP contribution in [0.25, 0.3) is 0 Å². The number of rotatable bonds is 8. The van der Waals surface area contributed by atoms with E-state index in [-0.39, 0.29) is 16.8 Å². The number of hydrogen-bond donors (Lipinski definition) is 2. The number of carbonyl (C=O) groups is 1. The van der Waals surface area contributed by atoms with Crippen molar-refractivity contribution >= 4 is 33.4 Å². The van der Waals surface area contributed by atoms with Gasteiger partial charge < -0.3 is 9.73 Å². The van der Waals surface area contributed by atoms with Gasteiger partial charge in [-0.05, 0) is 55.3 Å². The van der Waals surface area contributed by atoms with E-state index in [4.69, 9.17) is 4.42 Å². The predicted octanol–water partition coefficient (Wildman–Crippen LogP) is 4.26. The van der Waals surface area contributed by atoms with Gasteiger partial charge in [0.05, 0.1) is 22.5 Å². The van der Waals surface area contributed by atoms with E-state index in [1.807, 2.05) is 24.3 Å². The van der Waals surface area contributed by atoms with Crippen molar-refractivity contribution in [2.45, 2.75) is 34.4 Å². The number of furan rings is 1. The summed E-state index contributed by atoms with van der Waals surface area (Å²) < 4.78 is 32.8. The standard InChI is InChI=1S/C21H20N2O4S2/c24-21(19-8-1-2-9-20(19)28-14-17-6-4-12-27-17)22-16-5-3-7-18(13-16)29(25,26)23-15-10-11-15/h1-9,12-13,15,23H,10-11,14H2,(H,22,24). The smallest absolute Gasteiger partial charge is 0.256 e. The molecule has 1 saturated carbocycles. The summed E-state index contributed by atoms with van der Waals surface area (Å²) in [5.41, 5.74) is 0.952. The SMILES string of the molecule is O=C(Nc1cccc(S(=O)(=O)NC2CC2)c1)c1ccccc1SCc1ccco1. The molecule has 0 saturated heterocycles. The fourth-order valence-corrected chi connectivity index (χ4v) is 5.06. The Morgan fingerprint density at radius 3 is 2.66 bits per heavy atom. The molecule has 1 aliphatic carbocycles. The summed E-state index contributed by atoms with van der Waals surface area (Å²) in [5.74, 6) is 1.14. The van der Waals surface area contributed by atoms with Gasteiger partial charge in [0, 0.05) is 16.6 Å². The Morgan fingerprint density at radius 1 is 1.07 bits per heavy atom. The molecular formula is C21H20N2O4S2. The van der Waals surface area contributed by atoms with E-state index in [9.17, 15) is 13.2 Å². The lowest BCUT2D eigenvalue weighted by Gasteiger charge is -2.11. The van der Waals surface area contributed by atoms with Crippen molar-refractivity contribution in [1.29, 1.82) is 0 Å². The summed E-state index contributed by atoms with van der Waals surface area (Å²) in [6, 6.07) is 17.3. The van der Waals surface area contributed by atoms with Gasteiger partial charge in [0.25, 0.3) is 5.91 Å². The van der Waals surface area contributed by atoms with Crippen LogP contribution in [0.4, 0.5) is 5.69 Å². The fraction of sp³-hybridized carbons (Fsp3) is 0.190. The molecule has 0 radical (unpaired) electrons. The molecule has 29 heavy (non-hydrogen) atoms. The van der Waals surface area contributed by atoms with Gasteiger partial charge in [-0.2, -0.15) is 0 Å². The second kappa shape index (κ2) is 8.44. The van der Waals surface area contributed by atoms with Crippen LogP contribution < -0.4 is 10.0 Å².